The number of ether oxygens (including phenoxy) is 1. The highest BCUT2D eigenvalue weighted by Gasteiger charge is 2.19. The van der Waals surface area contributed by atoms with Crippen LogP contribution >= 0.6 is 0 Å². The highest BCUT2D eigenvalue weighted by molar-refractivity contribution is 6.15. The number of benzene rings is 2. The Kier molecular flexibility index (Phi) is 7.26. The number of carbonyl (C=O) groups excluding carboxylic acids is 2. The van der Waals surface area contributed by atoms with Crippen LogP contribution in [0.3, 0.4) is 0 Å². The molecule has 31 heavy (non-hydrogen) atoms. The molecule has 3 aromatic rings. The third-order valence-electron chi connectivity index (χ3n) is 4.88. The van der Waals surface area contributed by atoms with E-state index in [2.05, 4.69) is 34.7 Å². The van der Waals surface area contributed by atoms with Gasteiger partial charge in [0.2, 0.25) is 0 Å². The van der Waals surface area contributed by atoms with Crippen LogP contribution in [-0.2, 0) is 14.3 Å². The number of nitrogens with one attached hydrogen (secondary N) is 1. The van der Waals surface area contributed by atoms with Gasteiger partial charge in [0, 0.05) is 5.69 Å². The van der Waals surface area contributed by atoms with E-state index in [1.165, 1.54) is 10.2 Å². The largest absolute Gasteiger partial charge is 0.451 e. The number of hydrogen-bond donors (Lipinski definition) is 1. The highest BCUT2D eigenvalue weighted by Crippen LogP contribution is 2.20. The number of amides is 1. The van der Waals surface area contributed by atoms with E-state index in [4.69, 9.17) is 4.74 Å². The summed E-state index contributed by atoms with van der Waals surface area (Å²) in [5.41, 5.74) is 2.73. The second-order valence-corrected chi connectivity index (χ2v) is 7.13. The Morgan fingerprint density at radius 3 is 2.45 bits per heavy atom. The van der Waals surface area contributed by atoms with Gasteiger partial charge in [-0.15, -0.1) is 5.10 Å². The molecule has 8 nitrogen and oxygen atoms in total. The zero-order chi connectivity index (χ0) is 22.2. The first kappa shape index (κ1) is 21.9. The molecule has 1 N–H and O–H groups in total. The molecule has 0 saturated carbocycles. The molecule has 8 heteroatoms. The Balaban J connectivity index is 1.66. The van der Waals surface area contributed by atoms with Crippen molar-refractivity contribution in [2.24, 2.45) is 0 Å². The molecule has 1 amide bonds. The van der Waals surface area contributed by atoms with Crippen LogP contribution in [0.2, 0.25) is 0 Å². The molecule has 0 fully saturated rings. The third kappa shape index (κ3) is 5.85. The van der Waals surface area contributed by atoms with Gasteiger partial charge in [-0.1, -0.05) is 56.3 Å². The van der Waals surface area contributed by atoms with Gasteiger partial charge in [0.05, 0.1) is 0 Å². The van der Waals surface area contributed by atoms with Crippen molar-refractivity contribution in [3.63, 3.8) is 0 Å². The number of esters is 1. The van der Waals surface area contributed by atoms with Crippen LogP contribution in [0.4, 0.5) is 5.69 Å². The monoisotopic (exact) mass is 419 g/mol. The van der Waals surface area contributed by atoms with E-state index in [-0.39, 0.29) is 5.70 Å². The maximum Gasteiger partial charge on any atom is 0.357 e. The summed E-state index contributed by atoms with van der Waals surface area (Å²) < 4.78 is 6.51. The van der Waals surface area contributed by atoms with Crippen LogP contribution in [0.15, 0.2) is 54.6 Å². The molecule has 1 heterocycles. The van der Waals surface area contributed by atoms with Gasteiger partial charge in [-0.05, 0) is 59.0 Å². The number of nitrogens with zero attached hydrogens (tertiary/aromatic N) is 4. The van der Waals surface area contributed by atoms with Gasteiger partial charge in [-0.3, -0.25) is 4.79 Å². The number of carbonyl (C=O) groups is 2. The van der Waals surface area contributed by atoms with Crippen molar-refractivity contribution in [2.75, 3.05) is 11.9 Å². The Bertz CT molecular complexity index is 1060. The predicted molar refractivity (Wildman–Crippen MR) is 118 cm³/mol. The summed E-state index contributed by atoms with van der Waals surface area (Å²) in [7, 11) is 0. The number of aromatic nitrogens is 4. The average Bonchev–Trinajstić information content (AvgIpc) is 3.22. The molecule has 0 saturated heterocycles. The quantitative estimate of drug-likeness (QED) is 0.442. The van der Waals surface area contributed by atoms with Crippen molar-refractivity contribution in [1.29, 1.82) is 0 Å². The summed E-state index contributed by atoms with van der Waals surface area (Å²) >= 11 is 0. The molecule has 0 aliphatic carbocycles. The Morgan fingerprint density at radius 1 is 1.13 bits per heavy atom. The molecule has 1 atom stereocenters. The lowest BCUT2D eigenvalue weighted by molar-refractivity contribution is -0.141. The first-order chi connectivity index (χ1) is 15.0. The minimum Gasteiger partial charge on any atom is -0.451 e. The van der Waals surface area contributed by atoms with Gasteiger partial charge in [0.15, 0.2) is 18.1 Å². The normalized spacial score (nSPS) is 12.3. The topological polar surface area (TPSA) is 99.0 Å². The average molecular weight is 419 g/mol. The molecular weight excluding hydrogens is 394 g/mol. The highest BCUT2D eigenvalue weighted by atomic mass is 16.5. The lowest BCUT2D eigenvalue weighted by Crippen LogP contribution is -2.23. The van der Waals surface area contributed by atoms with Crippen molar-refractivity contribution in [3.8, 4) is 0 Å². The molecule has 0 spiro atoms. The van der Waals surface area contributed by atoms with Crippen LogP contribution in [0, 0.1) is 6.92 Å². The number of rotatable bonds is 8. The molecule has 3 rings (SSSR count). The van der Waals surface area contributed by atoms with E-state index in [0.717, 1.165) is 12.0 Å². The Morgan fingerprint density at radius 2 is 1.84 bits per heavy atom. The van der Waals surface area contributed by atoms with Crippen LogP contribution < -0.4 is 5.32 Å². The summed E-state index contributed by atoms with van der Waals surface area (Å²) in [6.45, 7) is 5.52. The number of anilines is 1. The van der Waals surface area contributed by atoms with E-state index >= 15 is 0 Å². The van der Waals surface area contributed by atoms with Gasteiger partial charge in [0.25, 0.3) is 5.91 Å². The minimum atomic E-state index is -0.707. The maximum absolute atomic E-state index is 12.7. The van der Waals surface area contributed by atoms with Crippen LogP contribution in [0.1, 0.15) is 43.1 Å². The minimum absolute atomic E-state index is 0.111. The SMILES string of the molecule is CC[C@@H](C)c1ccc(NC(=O)COC(=O)/C(=C/c2ccccc2)n2nnnc2C)cc1. The summed E-state index contributed by atoms with van der Waals surface area (Å²) in [5, 5.41) is 14.0. The third-order valence-corrected chi connectivity index (χ3v) is 4.88. The smallest absolute Gasteiger partial charge is 0.357 e. The van der Waals surface area contributed by atoms with E-state index in [1.54, 1.807) is 13.0 Å². The van der Waals surface area contributed by atoms with E-state index in [9.17, 15) is 9.59 Å². The van der Waals surface area contributed by atoms with E-state index < -0.39 is 18.5 Å². The van der Waals surface area contributed by atoms with Gasteiger partial charge in [-0.25, -0.2) is 4.79 Å². The van der Waals surface area contributed by atoms with Crippen molar-refractivity contribution < 1.29 is 14.3 Å². The molecule has 1 aromatic heterocycles. The Labute approximate surface area is 180 Å². The molecule has 0 bridgehead atoms. The molecule has 2 aromatic carbocycles. The van der Waals surface area contributed by atoms with Crippen molar-refractivity contribution in [3.05, 3.63) is 71.5 Å². The fourth-order valence-electron chi connectivity index (χ4n) is 2.90. The number of tetrazole rings is 1. The summed E-state index contributed by atoms with van der Waals surface area (Å²) in [6.07, 6.45) is 2.65. The first-order valence-corrected chi connectivity index (χ1v) is 10.1. The fraction of sp³-hybridized carbons (Fsp3) is 0.261. The van der Waals surface area contributed by atoms with Crippen LogP contribution in [-0.4, -0.2) is 38.7 Å². The Hall–Kier alpha value is -3.81. The number of aryl methyl sites for hydroxylation is 1. The maximum atomic E-state index is 12.7. The summed E-state index contributed by atoms with van der Waals surface area (Å²) in [4.78, 5) is 25.0. The standard InChI is InChI=1S/C23H25N5O3/c1-4-16(2)19-10-12-20(13-11-19)24-22(29)15-31-23(30)21(28-17(3)25-26-27-28)14-18-8-6-5-7-9-18/h5-14,16H,4,15H2,1-3H3,(H,24,29)/b21-14-/t16-/m1/s1. The van der Waals surface area contributed by atoms with E-state index in [1.807, 2.05) is 54.6 Å². The van der Waals surface area contributed by atoms with Crippen molar-refractivity contribution >= 4 is 29.3 Å². The summed E-state index contributed by atoms with van der Waals surface area (Å²) in [6, 6.07) is 16.9. The number of hydrogen-bond acceptors (Lipinski definition) is 6. The lowest BCUT2D eigenvalue weighted by atomic mass is 9.99. The molecule has 0 unspecified atom stereocenters. The van der Waals surface area contributed by atoms with Gasteiger partial charge in [-0.2, -0.15) is 4.68 Å². The molecule has 0 radical (unpaired) electrons. The van der Waals surface area contributed by atoms with Crippen LogP contribution in [0.25, 0.3) is 11.8 Å². The van der Waals surface area contributed by atoms with Crippen molar-refractivity contribution in [1.82, 2.24) is 20.2 Å². The van der Waals surface area contributed by atoms with Crippen molar-refractivity contribution in [2.45, 2.75) is 33.1 Å². The molecule has 0 aliphatic heterocycles. The lowest BCUT2D eigenvalue weighted by Gasteiger charge is -2.11. The zero-order valence-electron chi connectivity index (χ0n) is 17.8. The van der Waals surface area contributed by atoms with Gasteiger partial charge < -0.3 is 10.1 Å². The van der Waals surface area contributed by atoms with E-state index in [0.29, 0.717) is 17.4 Å². The molecular formula is C23H25N5O3. The van der Waals surface area contributed by atoms with Gasteiger partial charge >= 0.3 is 5.97 Å². The molecule has 0 aliphatic rings. The second-order valence-electron chi connectivity index (χ2n) is 7.13. The summed E-state index contributed by atoms with van der Waals surface area (Å²) in [5.74, 6) is -0.265. The fourth-order valence-corrected chi connectivity index (χ4v) is 2.90. The zero-order valence-corrected chi connectivity index (χ0v) is 17.8. The predicted octanol–water partition coefficient (Wildman–Crippen LogP) is 3.68. The second kappa shape index (κ2) is 10.3. The van der Waals surface area contributed by atoms with Crippen LogP contribution in [0.5, 0.6) is 0 Å². The first-order valence-electron chi connectivity index (χ1n) is 10.1. The van der Waals surface area contributed by atoms with Gasteiger partial charge in [0.1, 0.15) is 0 Å². The molecule has 160 valence electrons.